The zero-order valence-electron chi connectivity index (χ0n) is 14.6. The number of carbonyl (C=O) groups is 6. The Kier molecular flexibility index (Phi) is 11.7. The maximum atomic E-state index is 10.4. The molecular formula is C15H21HoN3O9. The molecule has 3 aliphatic rings. The number of hydrogen-bond acceptors (Lipinski definition) is 6. The molecule has 3 fully saturated rings. The third-order valence-corrected chi connectivity index (χ3v) is 3.88. The third kappa shape index (κ3) is 9.33. The van der Waals surface area contributed by atoms with E-state index >= 15 is 0 Å². The summed E-state index contributed by atoms with van der Waals surface area (Å²) in [7, 11) is 0. The van der Waals surface area contributed by atoms with Gasteiger partial charge in [-0.1, -0.05) is 0 Å². The summed E-state index contributed by atoms with van der Waals surface area (Å²) < 4.78 is 0. The van der Waals surface area contributed by atoms with Gasteiger partial charge in [0.1, 0.15) is 18.1 Å². The van der Waals surface area contributed by atoms with Crippen LogP contribution < -0.4 is 16.0 Å². The van der Waals surface area contributed by atoms with Gasteiger partial charge in [-0.25, -0.2) is 14.4 Å². The second-order valence-electron chi connectivity index (χ2n) is 5.99. The summed E-state index contributed by atoms with van der Waals surface area (Å²) in [6.45, 7) is 0. The number of amides is 3. The van der Waals surface area contributed by atoms with Gasteiger partial charge >= 0.3 is 17.9 Å². The Morgan fingerprint density at radius 3 is 0.893 bits per heavy atom. The van der Waals surface area contributed by atoms with Gasteiger partial charge in [0.15, 0.2) is 0 Å². The van der Waals surface area contributed by atoms with E-state index in [1.54, 1.807) is 0 Å². The van der Waals surface area contributed by atoms with Gasteiger partial charge in [-0.3, -0.25) is 14.4 Å². The number of carbonyl (C=O) groups excluding carboxylic acids is 3. The van der Waals surface area contributed by atoms with Crippen molar-refractivity contribution in [1.82, 2.24) is 16.0 Å². The average Bonchev–Trinajstić information content (AvgIpc) is 3.30. The van der Waals surface area contributed by atoms with Crippen molar-refractivity contribution in [2.24, 2.45) is 0 Å². The Bertz CT molecular complexity index is 555. The van der Waals surface area contributed by atoms with Gasteiger partial charge in [-0.15, -0.1) is 0 Å². The van der Waals surface area contributed by atoms with Crippen molar-refractivity contribution in [3.8, 4) is 0 Å². The van der Waals surface area contributed by atoms with Crippen molar-refractivity contribution < 1.29 is 81.8 Å². The summed E-state index contributed by atoms with van der Waals surface area (Å²) in [5.41, 5.74) is 0. The van der Waals surface area contributed by atoms with Crippen LogP contribution in [0.1, 0.15) is 38.5 Å². The summed E-state index contributed by atoms with van der Waals surface area (Å²) in [6.07, 6.45) is 2.31. The van der Waals surface area contributed by atoms with Gasteiger partial charge in [0.25, 0.3) is 0 Å². The first-order valence-corrected chi connectivity index (χ1v) is 8.16. The Labute approximate surface area is 189 Å². The SMILES string of the molecule is O=C1CCC(C(=O)O)N1.O=C1CCC(C(=O)O)N1.O=C1CCC(C(=O)O)N1.[Ho]. The third-order valence-electron chi connectivity index (χ3n) is 3.88. The van der Waals surface area contributed by atoms with Crippen LogP contribution in [0, 0.1) is 37.7 Å². The predicted octanol–water partition coefficient (Wildman–Crippen LogP) is -1.95. The maximum Gasteiger partial charge on any atom is 0.326 e. The molecule has 0 aliphatic carbocycles. The Balaban J connectivity index is 0.000000384. The van der Waals surface area contributed by atoms with Crippen LogP contribution in [0.3, 0.4) is 0 Å². The Hall–Kier alpha value is -1.92. The van der Waals surface area contributed by atoms with Crippen LogP contribution in [0.15, 0.2) is 0 Å². The molecule has 0 aromatic heterocycles. The summed E-state index contributed by atoms with van der Waals surface area (Å²) in [6, 6.07) is -1.92. The summed E-state index contributed by atoms with van der Waals surface area (Å²) in [4.78, 5) is 61.5. The largest absolute Gasteiger partial charge is 0.480 e. The van der Waals surface area contributed by atoms with Gasteiger partial charge in [0, 0.05) is 57.0 Å². The van der Waals surface area contributed by atoms with Crippen molar-refractivity contribution in [3.63, 3.8) is 0 Å². The molecule has 3 atom stereocenters. The van der Waals surface area contributed by atoms with Gasteiger partial charge in [-0.05, 0) is 19.3 Å². The molecule has 3 amide bonds. The zero-order chi connectivity index (χ0) is 20.6. The van der Waals surface area contributed by atoms with E-state index in [-0.39, 0.29) is 55.5 Å². The molecule has 0 spiro atoms. The van der Waals surface area contributed by atoms with E-state index in [1.165, 1.54) is 0 Å². The molecule has 0 saturated carbocycles. The number of carboxylic acids is 3. The first kappa shape index (κ1) is 26.1. The molecule has 0 aromatic carbocycles. The van der Waals surface area contributed by atoms with Gasteiger partial charge in [0.05, 0.1) is 0 Å². The van der Waals surface area contributed by atoms with Gasteiger partial charge in [0.2, 0.25) is 17.7 Å². The molecule has 3 rings (SSSR count). The van der Waals surface area contributed by atoms with Crippen LogP contribution in [0.4, 0.5) is 0 Å². The van der Waals surface area contributed by atoms with Crippen LogP contribution in [0.25, 0.3) is 0 Å². The van der Waals surface area contributed by atoms with E-state index in [1.807, 2.05) is 0 Å². The molecule has 3 aliphatic heterocycles. The molecule has 0 aromatic rings. The van der Waals surface area contributed by atoms with E-state index in [9.17, 15) is 28.8 Å². The maximum absolute atomic E-state index is 10.4. The molecule has 3 saturated heterocycles. The second-order valence-corrected chi connectivity index (χ2v) is 5.99. The number of hydrogen-bond donors (Lipinski definition) is 6. The van der Waals surface area contributed by atoms with Crippen molar-refractivity contribution >= 4 is 35.6 Å². The number of carboxylic acid groups (broad SMARTS) is 3. The minimum absolute atomic E-state index is 0. The van der Waals surface area contributed by atoms with Gasteiger partial charge in [-0.2, -0.15) is 0 Å². The number of aliphatic carboxylic acids is 3. The zero-order valence-corrected chi connectivity index (χ0v) is 16.5. The molecule has 0 bridgehead atoms. The van der Waals surface area contributed by atoms with E-state index in [2.05, 4.69) is 16.0 Å². The number of rotatable bonds is 3. The topological polar surface area (TPSA) is 199 Å². The van der Waals surface area contributed by atoms with Crippen LogP contribution in [-0.4, -0.2) is 69.1 Å². The number of nitrogens with one attached hydrogen (secondary N) is 3. The first-order valence-electron chi connectivity index (χ1n) is 8.16. The molecule has 3 unspecified atom stereocenters. The molecule has 28 heavy (non-hydrogen) atoms. The van der Waals surface area contributed by atoms with E-state index in [0.717, 1.165) is 0 Å². The monoisotopic (exact) mass is 552 g/mol. The molecule has 161 valence electrons. The van der Waals surface area contributed by atoms with E-state index in [0.29, 0.717) is 38.5 Å². The van der Waals surface area contributed by atoms with Crippen molar-refractivity contribution in [2.75, 3.05) is 0 Å². The average molecular weight is 552 g/mol. The van der Waals surface area contributed by atoms with Crippen molar-refractivity contribution in [3.05, 3.63) is 0 Å². The Morgan fingerprint density at radius 2 is 0.821 bits per heavy atom. The van der Waals surface area contributed by atoms with Crippen molar-refractivity contribution in [1.29, 1.82) is 0 Å². The summed E-state index contributed by atoms with van der Waals surface area (Å²) in [5.74, 6) is -3.32. The molecule has 6 N–H and O–H groups in total. The minimum Gasteiger partial charge on any atom is -0.480 e. The summed E-state index contributed by atoms with van der Waals surface area (Å²) >= 11 is 0. The standard InChI is InChI=1S/3C5H7NO3.Ho/c3*7-4-2-1-3(6-4)5(8)9;/h3*3H,1-2H2,(H,6,7)(H,8,9);. The van der Waals surface area contributed by atoms with Crippen molar-refractivity contribution in [2.45, 2.75) is 56.7 Å². The fourth-order valence-corrected chi connectivity index (χ4v) is 2.40. The second kappa shape index (κ2) is 12.5. The minimum atomic E-state index is -0.944. The molecule has 1 radical (unpaired) electrons. The predicted molar refractivity (Wildman–Crippen MR) is 86.4 cm³/mol. The van der Waals surface area contributed by atoms with Crippen LogP contribution in [0.5, 0.6) is 0 Å². The Morgan fingerprint density at radius 1 is 0.607 bits per heavy atom. The smallest absolute Gasteiger partial charge is 0.326 e. The molecular weight excluding hydrogens is 531 g/mol. The van der Waals surface area contributed by atoms with Gasteiger partial charge < -0.3 is 31.3 Å². The van der Waals surface area contributed by atoms with Crippen LogP contribution in [-0.2, 0) is 28.8 Å². The van der Waals surface area contributed by atoms with E-state index < -0.39 is 36.0 Å². The van der Waals surface area contributed by atoms with Crippen LogP contribution >= 0.6 is 0 Å². The normalized spacial score (nSPS) is 24.9. The molecule has 13 heteroatoms. The quantitative estimate of drug-likeness (QED) is 0.216. The first-order chi connectivity index (χ1) is 12.6. The fraction of sp³-hybridized carbons (Fsp3) is 0.600. The molecule has 12 nitrogen and oxygen atoms in total. The fourth-order valence-electron chi connectivity index (χ4n) is 2.40. The summed E-state index contributed by atoms with van der Waals surface area (Å²) in [5, 5.41) is 31.9. The van der Waals surface area contributed by atoms with E-state index in [4.69, 9.17) is 15.3 Å². The molecule has 3 heterocycles. The van der Waals surface area contributed by atoms with Crippen LogP contribution in [0.2, 0.25) is 0 Å².